The molecule has 0 spiro atoms. The molecule has 0 aliphatic rings. The van der Waals surface area contributed by atoms with Gasteiger partial charge >= 0.3 is 0 Å². The van der Waals surface area contributed by atoms with Gasteiger partial charge in [-0.05, 0) is 40.4 Å². The van der Waals surface area contributed by atoms with Crippen LogP contribution in [-0.2, 0) is 11.2 Å². The van der Waals surface area contributed by atoms with Crippen molar-refractivity contribution in [3.63, 3.8) is 0 Å². The Hall–Kier alpha value is -2.52. The molecule has 0 aliphatic heterocycles. The minimum absolute atomic E-state index is 0.144. The number of rotatable bonds is 5. The van der Waals surface area contributed by atoms with Crippen LogP contribution in [0.25, 0.3) is 21.2 Å². The third-order valence-electron chi connectivity index (χ3n) is 3.11. The Bertz CT molecular complexity index is 675. The van der Waals surface area contributed by atoms with Crippen LogP contribution < -0.4 is 5.32 Å². The van der Waals surface area contributed by atoms with Gasteiger partial charge in [0.15, 0.2) is 0 Å². The van der Waals surface area contributed by atoms with Crippen molar-refractivity contribution in [2.45, 2.75) is 19.8 Å². The highest BCUT2D eigenvalue weighted by Crippen LogP contribution is 2.24. The molecule has 0 heterocycles. The van der Waals surface area contributed by atoms with Gasteiger partial charge < -0.3 is 5.32 Å². The summed E-state index contributed by atoms with van der Waals surface area (Å²) in [4.78, 5) is 14.4. The van der Waals surface area contributed by atoms with Crippen molar-refractivity contribution in [1.82, 2.24) is 0 Å². The van der Waals surface area contributed by atoms with E-state index in [2.05, 4.69) is 28.3 Å². The van der Waals surface area contributed by atoms with Crippen molar-refractivity contribution in [3.05, 3.63) is 52.4 Å². The van der Waals surface area contributed by atoms with E-state index in [1.54, 1.807) is 0 Å². The van der Waals surface area contributed by atoms with Crippen LogP contribution in [0.1, 0.15) is 18.9 Å². The summed E-state index contributed by atoms with van der Waals surface area (Å²) in [5, 5.41) is 8.52. The summed E-state index contributed by atoms with van der Waals surface area (Å²) in [6, 6.07) is 12.1. The number of hydrogen-bond donors (Lipinski definition) is 1. The number of carbonyl (C=O) groups excluding carboxylic acids is 1. The summed E-state index contributed by atoms with van der Waals surface area (Å²) in [5.74, 6) is -0.144. The Morgan fingerprint density at radius 2 is 2.15 bits per heavy atom. The normalized spacial score (nSPS) is 10.1. The van der Waals surface area contributed by atoms with Gasteiger partial charge in [0.05, 0.1) is 0 Å². The van der Waals surface area contributed by atoms with Gasteiger partial charge in [0.1, 0.15) is 0 Å². The molecule has 0 atom stereocenters. The van der Waals surface area contributed by atoms with E-state index in [9.17, 15) is 4.79 Å². The van der Waals surface area contributed by atoms with Gasteiger partial charge in [-0.25, -0.2) is 0 Å². The molecule has 0 fully saturated rings. The number of amides is 1. The fraction of sp³-hybridized carbons (Fsp3) is 0.267. The number of aryl methyl sites for hydroxylation is 1. The Morgan fingerprint density at radius 1 is 1.35 bits per heavy atom. The van der Waals surface area contributed by atoms with E-state index in [0.717, 1.165) is 17.5 Å². The van der Waals surface area contributed by atoms with Crippen LogP contribution in [0.3, 0.4) is 0 Å². The maximum Gasteiger partial charge on any atom is 0.224 e. The molecule has 0 saturated carbocycles. The van der Waals surface area contributed by atoms with Gasteiger partial charge in [-0.3, -0.25) is 4.79 Å². The van der Waals surface area contributed by atoms with Crippen LogP contribution in [0.4, 0.5) is 5.69 Å². The molecule has 5 nitrogen and oxygen atoms in total. The first-order valence-electron chi connectivity index (χ1n) is 6.57. The predicted molar refractivity (Wildman–Crippen MR) is 80.6 cm³/mol. The van der Waals surface area contributed by atoms with Gasteiger partial charge in [0.25, 0.3) is 0 Å². The number of fused-ring (bicyclic) bond motifs is 1. The highest BCUT2D eigenvalue weighted by molar-refractivity contribution is 5.95. The van der Waals surface area contributed by atoms with Crippen molar-refractivity contribution in [3.8, 4) is 0 Å². The maximum absolute atomic E-state index is 11.7. The molecule has 0 aromatic heterocycles. The number of anilines is 1. The van der Waals surface area contributed by atoms with Gasteiger partial charge in [-0.15, -0.1) is 0 Å². The van der Waals surface area contributed by atoms with Crippen LogP contribution in [-0.4, -0.2) is 12.5 Å². The Balaban J connectivity index is 2.22. The summed E-state index contributed by atoms with van der Waals surface area (Å²) in [6.45, 7) is 2.27. The molecule has 102 valence electrons. The van der Waals surface area contributed by atoms with Crippen molar-refractivity contribution < 1.29 is 4.79 Å². The van der Waals surface area contributed by atoms with E-state index in [-0.39, 0.29) is 18.9 Å². The summed E-state index contributed by atoms with van der Waals surface area (Å²) in [5.41, 5.74) is 10.2. The van der Waals surface area contributed by atoms with E-state index < -0.39 is 0 Å². The topological polar surface area (TPSA) is 77.9 Å². The SMILES string of the molecule is CCc1cc(NC(=O)CCN=[N+]=[N-])cc2ccccc12. The average Bonchev–Trinajstić information content (AvgIpc) is 2.46. The van der Waals surface area contributed by atoms with Crippen LogP contribution in [0, 0.1) is 0 Å². The number of nitrogens with zero attached hydrogens (tertiary/aromatic N) is 3. The lowest BCUT2D eigenvalue weighted by Crippen LogP contribution is -2.12. The van der Waals surface area contributed by atoms with E-state index in [0.29, 0.717) is 0 Å². The van der Waals surface area contributed by atoms with Crippen LogP contribution in [0.15, 0.2) is 41.5 Å². The Morgan fingerprint density at radius 3 is 2.90 bits per heavy atom. The molecular formula is C15H16N4O. The first-order valence-corrected chi connectivity index (χ1v) is 6.57. The number of nitrogens with one attached hydrogen (secondary N) is 1. The van der Waals surface area contributed by atoms with E-state index in [1.165, 1.54) is 10.9 Å². The lowest BCUT2D eigenvalue weighted by molar-refractivity contribution is -0.116. The second-order valence-electron chi connectivity index (χ2n) is 4.46. The van der Waals surface area contributed by atoms with Crippen molar-refractivity contribution in [1.29, 1.82) is 0 Å². The molecule has 0 radical (unpaired) electrons. The summed E-state index contributed by atoms with van der Waals surface area (Å²) in [7, 11) is 0. The lowest BCUT2D eigenvalue weighted by Gasteiger charge is -2.10. The van der Waals surface area contributed by atoms with E-state index in [4.69, 9.17) is 5.53 Å². The molecule has 20 heavy (non-hydrogen) atoms. The molecule has 2 aromatic rings. The fourth-order valence-electron chi connectivity index (χ4n) is 2.17. The molecule has 0 bridgehead atoms. The smallest absolute Gasteiger partial charge is 0.224 e. The van der Waals surface area contributed by atoms with Gasteiger partial charge in [0, 0.05) is 23.6 Å². The maximum atomic E-state index is 11.7. The fourth-order valence-corrected chi connectivity index (χ4v) is 2.17. The standard InChI is InChI=1S/C15H16N4O/c1-2-11-9-13(18-15(20)7-8-17-19-16)10-12-5-3-4-6-14(11)12/h3-6,9-10H,2,7-8H2,1H3,(H,18,20). The molecule has 0 aliphatic carbocycles. The second-order valence-corrected chi connectivity index (χ2v) is 4.46. The first kappa shape index (κ1) is 13.9. The summed E-state index contributed by atoms with van der Waals surface area (Å²) >= 11 is 0. The van der Waals surface area contributed by atoms with Gasteiger partial charge in [0.2, 0.25) is 5.91 Å². The summed E-state index contributed by atoms with van der Waals surface area (Å²) < 4.78 is 0. The highest BCUT2D eigenvalue weighted by atomic mass is 16.1. The second kappa shape index (κ2) is 6.59. The minimum atomic E-state index is -0.144. The zero-order chi connectivity index (χ0) is 14.4. The third-order valence-corrected chi connectivity index (χ3v) is 3.11. The van der Waals surface area contributed by atoms with Crippen LogP contribution in [0.5, 0.6) is 0 Å². The molecule has 1 N–H and O–H groups in total. The largest absolute Gasteiger partial charge is 0.326 e. The third kappa shape index (κ3) is 3.28. The van der Waals surface area contributed by atoms with Crippen molar-refractivity contribution in [2.75, 3.05) is 11.9 Å². The molecular weight excluding hydrogens is 252 g/mol. The number of carbonyl (C=O) groups is 1. The van der Waals surface area contributed by atoms with Crippen molar-refractivity contribution in [2.24, 2.45) is 5.11 Å². The van der Waals surface area contributed by atoms with E-state index >= 15 is 0 Å². The Kier molecular flexibility index (Phi) is 4.58. The molecule has 2 aromatic carbocycles. The zero-order valence-corrected chi connectivity index (χ0v) is 11.3. The molecule has 0 saturated heterocycles. The molecule has 0 unspecified atom stereocenters. The average molecular weight is 268 g/mol. The lowest BCUT2D eigenvalue weighted by atomic mass is 10.0. The number of azide groups is 1. The number of benzene rings is 2. The van der Waals surface area contributed by atoms with Crippen LogP contribution in [0.2, 0.25) is 0 Å². The monoisotopic (exact) mass is 268 g/mol. The zero-order valence-electron chi connectivity index (χ0n) is 11.3. The van der Waals surface area contributed by atoms with Gasteiger partial charge in [-0.1, -0.05) is 36.3 Å². The minimum Gasteiger partial charge on any atom is -0.326 e. The number of hydrogen-bond acceptors (Lipinski definition) is 2. The molecule has 2 rings (SSSR count). The molecule has 1 amide bonds. The first-order chi connectivity index (χ1) is 9.74. The van der Waals surface area contributed by atoms with E-state index in [1.807, 2.05) is 30.3 Å². The quantitative estimate of drug-likeness (QED) is 0.495. The predicted octanol–water partition coefficient (Wildman–Crippen LogP) is 4.04. The van der Waals surface area contributed by atoms with Crippen molar-refractivity contribution >= 4 is 22.4 Å². The van der Waals surface area contributed by atoms with Crippen LogP contribution >= 0.6 is 0 Å². The Labute approximate surface area is 117 Å². The van der Waals surface area contributed by atoms with Gasteiger partial charge in [-0.2, -0.15) is 0 Å². The summed E-state index contributed by atoms with van der Waals surface area (Å²) in [6.07, 6.45) is 1.10. The highest BCUT2D eigenvalue weighted by Gasteiger charge is 2.05. The molecule has 5 heteroatoms.